The highest BCUT2D eigenvalue weighted by Gasteiger charge is 2.27. The maximum atomic E-state index is 13.3. The van der Waals surface area contributed by atoms with Gasteiger partial charge in [0.05, 0.1) is 15.3 Å². The molecule has 3 aromatic rings. The number of carbonyl (C=O) groups is 1. The second-order valence-electron chi connectivity index (χ2n) is 7.11. The zero-order valence-corrected chi connectivity index (χ0v) is 17.9. The Morgan fingerprint density at radius 3 is 2.64 bits per heavy atom. The van der Waals surface area contributed by atoms with Gasteiger partial charge in [0.15, 0.2) is 0 Å². The van der Waals surface area contributed by atoms with Gasteiger partial charge in [-0.1, -0.05) is 11.6 Å². The lowest BCUT2D eigenvalue weighted by Gasteiger charge is -2.36. The maximum Gasteiger partial charge on any atom is 0.255 e. The van der Waals surface area contributed by atoms with E-state index in [9.17, 15) is 9.90 Å². The third-order valence-electron chi connectivity index (χ3n) is 4.79. The average molecular weight is 438 g/mol. The first-order chi connectivity index (χ1) is 12.9. The fourth-order valence-electron chi connectivity index (χ4n) is 3.70. The quantitative estimate of drug-likeness (QED) is 0.616. The lowest BCUT2D eigenvalue weighted by Crippen LogP contribution is -2.55. The number of carbonyl (C=O) groups excluding carboxylic acids is 1. The standard InChI is InChI=1S/C20H20ClN3O2S.ClH/c1-11-9-24(10-12(2)23-11)20(26)17-6-13(5-14-8-22-27-19(14)17)16-4-3-15(25)7-18(16)21;/h3-8,11-12,23,25H,9-10H2,1-2H3;1H/t11-,12+;. The fourth-order valence-corrected chi connectivity index (χ4v) is 4.72. The number of amides is 1. The molecule has 1 aliphatic rings. The minimum atomic E-state index is 0. The number of aromatic nitrogens is 1. The van der Waals surface area contributed by atoms with Crippen LogP contribution in [0.4, 0.5) is 0 Å². The van der Waals surface area contributed by atoms with E-state index in [0.29, 0.717) is 23.7 Å². The molecule has 0 unspecified atom stereocenters. The second-order valence-corrected chi connectivity index (χ2v) is 8.32. The zero-order chi connectivity index (χ0) is 19.1. The van der Waals surface area contributed by atoms with E-state index in [4.69, 9.17) is 11.6 Å². The summed E-state index contributed by atoms with van der Waals surface area (Å²) in [6, 6.07) is 9.25. The molecule has 0 saturated carbocycles. The van der Waals surface area contributed by atoms with E-state index in [0.717, 1.165) is 21.2 Å². The number of phenols is 1. The third-order valence-corrected chi connectivity index (χ3v) is 5.95. The number of hydrogen-bond donors (Lipinski definition) is 2. The van der Waals surface area contributed by atoms with Gasteiger partial charge in [-0.05, 0) is 61.3 Å². The van der Waals surface area contributed by atoms with Crippen molar-refractivity contribution in [3.63, 3.8) is 0 Å². The molecule has 0 radical (unpaired) electrons. The van der Waals surface area contributed by atoms with Crippen molar-refractivity contribution in [1.82, 2.24) is 14.6 Å². The monoisotopic (exact) mass is 437 g/mol. The minimum Gasteiger partial charge on any atom is -0.508 e. The first-order valence-electron chi connectivity index (χ1n) is 8.85. The lowest BCUT2D eigenvalue weighted by atomic mass is 9.99. The van der Waals surface area contributed by atoms with Gasteiger partial charge in [0.25, 0.3) is 5.91 Å². The highest BCUT2D eigenvalue weighted by molar-refractivity contribution is 7.13. The molecule has 2 atom stereocenters. The first-order valence-corrected chi connectivity index (χ1v) is 10.00. The molecule has 2 heterocycles. The van der Waals surface area contributed by atoms with Crippen molar-refractivity contribution < 1.29 is 9.90 Å². The summed E-state index contributed by atoms with van der Waals surface area (Å²) in [6.07, 6.45) is 1.78. The first kappa shape index (κ1) is 20.9. The Kier molecular flexibility index (Phi) is 6.15. The van der Waals surface area contributed by atoms with E-state index in [2.05, 4.69) is 23.5 Å². The topological polar surface area (TPSA) is 65.5 Å². The molecule has 1 amide bonds. The molecule has 0 spiro atoms. The van der Waals surface area contributed by atoms with Crippen LogP contribution in [0.15, 0.2) is 36.5 Å². The van der Waals surface area contributed by atoms with E-state index in [-0.39, 0.29) is 36.1 Å². The molecule has 148 valence electrons. The average Bonchev–Trinajstić information content (AvgIpc) is 3.08. The molecular formula is C20H21Cl2N3O2S. The Morgan fingerprint density at radius 1 is 1.25 bits per heavy atom. The Morgan fingerprint density at radius 2 is 1.96 bits per heavy atom. The van der Waals surface area contributed by atoms with Gasteiger partial charge in [0.1, 0.15) is 5.75 Å². The molecule has 0 aliphatic carbocycles. The van der Waals surface area contributed by atoms with Crippen LogP contribution in [0.1, 0.15) is 24.2 Å². The van der Waals surface area contributed by atoms with Crippen LogP contribution in [-0.4, -0.2) is 45.5 Å². The number of aromatic hydroxyl groups is 1. The molecule has 4 rings (SSSR count). The van der Waals surface area contributed by atoms with Gasteiger partial charge in [-0.15, -0.1) is 12.4 Å². The lowest BCUT2D eigenvalue weighted by molar-refractivity contribution is 0.0676. The Bertz CT molecular complexity index is 1010. The summed E-state index contributed by atoms with van der Waals surface area (Å²) in [4.78, 5) is 15.2. The minimum absolute atomic E-state index is 0. The Hall–Kier alpha value is -1.86. The van der Waals surface area contributed by atoms with Gasteiger partial charge >= 0.3 is 0 Å². The molecule has 1 aromatic heterocycles. The van der Waals surface area contributed by atoms with Crippen LogP contribution in [0.2, 0.25) is 5.02 Å². The number of phenolic OH excluding ortho intramolecular Hbond substituents is 1. The number of nitrogens with one attached hydrogen (secondary N) is 1. The van der Waals surface area contributed by atoms with E-state index in [1.807, 2.05) is 17.0 Å². The van der Waals surface area contributed by atoms with Crippen molar-refractivity contribution in [2.45, 2.75) is 25.9 Å². The summed E-state index contributed by atoms with van der Waals surface area (Å²) in [5, 5.41) is 14.4. The van der Waals surface area contributed by atoms with Crippen LogP contribution < -0.4 is 5.32 Å². The van der Waals surface area contributed by atoms with Gasteiger partial charge in [0.2, 0.25) is 0 Å². The van der Waals surface area contributed by atoms with Gasteiger partial charge in [-0.25, -0.2) is 0 Å². The van der Waals surface area contributed by atoms with E-state index in [1.54, 1.807) is 18.3 Å². The second kappa shape index (κ2) is 8.25. The van der Waals surface area contributed by atoms with Crippen molar-refractivity contribution in [3.05, 3.63) is 47.1 Å². The van der Waals surface area contributed by atoms with Gasteiger partial charge in [-0.3, -0.25) is 4.79 Å². The molecule has 1 aliphatic heterocycles. The Balaban J connectivity index is 0.00000225. The van der Waals surface area contributed by atoms with Crippen LogP contribution in [0.5, 0.6) is 5.75 Å². The van der Waals surface area contributed by atoms with E-state index >= 15 is 0 Å². The number of halogens is 2. The van der Waals surface area contributed by atoms with Crippen molar-refractivity contribution >= 4 is 51.5 Å². The summed E-state index contributed by atoms with van der Waals surface area (Å²) >= 11 is 7.66. The molecule has 2 aromatic carbocycles. The zero-order valence-electron chi connectivity index (χ0n) is 15.5. The van der Waals surface area contributed by atoms with Crippen molar-refractivity contribution in [1.29, 1.82) is 0 Å². The van der Waals surface area contributed by atoms with Crippen LogP contribution >= 0.6 is 35.5 Å². The number of hydrogen-bond acceptors (Lipinski definition) is 5. The largest absolute Gasteiger partial charge is 0.508 e. The van der Waals surface area contributed by atoms with Crippen molar-refractivity contribution in [3.8, 4) is 16.9 Å². The SMILES string of the molecule is C[C@@H]1CN(C(=O)c2cc(-c3ccc(O)cc3Cl)cc3cnsc23)C[C@H](C)N1.Cl. The molecule has 2 N–H and O–H groups in total. The molecule has 1 saturated heterocycles. The maximum absolute atomic E-state index is 13.3. The summed E-state index contributed by atoms with van der Waals surface area (Å²) in [7, 11) is 0. The summed E-state index contributed by atoms with van der Waals surface area (Å²) in [5.41, 5.74) is 2.27. The summed E-state index contributed by atoms with van der Waals surface area (Å²) in [5.74, 6) is 0.128. The number of rotatable bonds is 2. The van der Waals surface area contributed by atoms with E-state index < -0.39 is 0 Å². The van der Waals surface area contributed by atoms with Crippen LogP contribution in [-0.2, 0) is 0 Å². The summed E-state index contributed by atoms with van der Waals surface area (Å²) < 4.78 is 5.16. The number of nitrogens with zero attached hydrogens (tertiary/aromatic N) is 2. The predicted molar refractivity (Wildman–Crippen MR) is 117 cm³/mol. The molecule has 0 bridgehead atoms. The highest BCUT2D eigenvalue weighted by atomic mass is 35.5. The van der Waals surface area contributed by atoms with Crippen LogP contribution in [0.3, 0.4) is 0 Å². The van der Waals surface area contributed by atoms with Crippen LogP contribution in [0, 0.1) is 0 Å². The smallest absolute Gasteiger partial charge is 0.255 e. The number of fused-ring (bicyclic) bond motifs is 1. The van der Waals surface area contributed by atoms with Gasteiger partial charge in [-0.2, -0.15) is 4.37 Å². The fraction of sp³-hybridized carbons (Fsp3) is 0.300. The van der Waals surface area contributed by atoms with E-state index in [1.165, 1.54) is 17.6 Å². The number of benzene rings is 2. The Labute approximate surface area is 178 Å². The molecule has 5 nitrogen and oxygen atoms in total. The normalized spacial score (nSPS) is 19.5. The van der Waals surface area contributed by atoms with Crippen LogP contribution in [0.25, 0.3) is 21.2 Å². The van der Waals surface area contributed by atoms with Gasteiger partial charge in [0, 0.05) is 42.3 Å². The highest BCUT2D eigenvalue weighted by Crippen LogP contribution is 2.35. The predicted octanol–water partition coefficient (Wildman–Crippen LogP) is 4.57. The molecule has 8 heteroatoms. The molecule has 28 heavy (non-hydrogen) atoms. The molecular weight excluding hydrogens is 417 g/mol. The molecule has 1 fully saturated rings. The van der Waals surface area contributed by atoms with Crippen molar-refractivity contribution in [2.24, 2.45) is 0 Å². The third kappa shape index (κ3) is 3.96. The number of piperazine rings is 1. The van der Waals surface area contributed by atoms with Crippen molar-refractivity contribution in [2.75, 3.05) is 13.1 Å². The summed E-state index contributed by atoms with van der Waals surface area (Å²) in [6.45, 7) is 5.52. The van der Waals surface area contributed by atoms with Gasteiger partial charge < -0.3 is 15.3 Å².